The summed E-state index contributed by atoms with van der Waals surface area (Å²) in [6.45, 7) is 0. The van der Waals surface area contributed by atoms with E-state index >= 15 is 0 Å². The molecule has 3 aromatic rings. The maximum Gasteiger partial charge on any atom is 0.215 e. The van der Waals surface area contributed by atoms with Gasteiger partial charge in [-0.1, -0.05) is 0 Å². The number of anilines is 1. The quantitative estimate of drug-likeness (QED) is 0.624. The van der Waals surface area contributed by atoms with Crippen molar-refractivity contribution in [2.24, 2.45) is 0 Å². The van der Waals surface area contributed by atoms with Crippen LogP contribution in [0.1, 0.15) is 0 Å². The zero-order chi connectivity index (χ0) is 12.5. The molecule has 0 radical (unpaired) electrons. The smallest absolute Gasteiger partial charge is 0.215 e. The van der Waals surface area contributed by atoms with E-state index in [0.717, 1.165) is 0 Å². The monoisotopic (exact) mass is 240 g/mol. The van der Waals surface area contributed by atoms with Crippen LogP contribution < -0.4 is 10.9 Å². The number of fused-ring (bicyclic) bond motifs is 2. The maximum absolute atomic E-state index is 12.3. The summed E-state index contributed by atoms with van der Waals surface area (Å²) in [5, 5.41) is 10.0. The number of nitrogens with zero attached hydrogens (tertiary/aromatic N) is 3. The van der Waals surface area contributed by atoms with Gasteiger partial charge in [0.25, 0.3) is 0 Å². The summed E-state index contributed by atoms with van der Waals surface area (Å²) in [5.41, 5.74) is 2.47. The van der Waals surface area contributed by atoms with E-state index in [2.05, 4.69) is 15.0 Å². The lowest BCUT2D eigenvalue weighted by molar-refractivity contribution is 0.389. The van der Waals surface area contributed by atoms with Gasteiger partial charge in [-0.15, -0.1) is 0 Å². The Morgan fingerprint density at radius 2 is 2.06 bits per heavy atom. The molecule has 88 valence electrons. The van der Waals surface area contributed by atoms with Gasteiger partial charge in [0, 0.05) is 17.8 Å². The van der Waals surface area contributed by atoms with Crippen LogP contribution in [0.4, 0.5) is 5.69 Å². The van der Waals surface area contributed by atoms with E-state index in [1.165, 1.54) is 12.4 Å². The van der Waals surface area contributed by atoms with Crippen LogP contribution in [-0.4, -0.2) is 20.2 Å². The highest BCUT2D eigenvalue weighted by atomic mass is 16.5. The Hall–Kier alpha value is -2.60. The van der Waals surface area contributed by atoms with Crippen molar-refractivity contribution < 1.29 is 5.21 Å². The van der Waals surface area contributed by atoms with E-state index in [4.69, 9.17) is 5.21 Å². The van der Waals surface area contributed by atoms with Crippen LogP contribution >= 0.6 is 0 Å². The van der Waals surface area contributed by atoms with Gasteiger partial charge in [-0.2, -0.15) is 0 Å². The number of pyridine rings is 2. The Balaban J connectivity index is 2.68. The molecule has 0 amide bonds. The van der Waals surface area contributed by atoms with E-state index in [1.54, 1.807) is 24.4 Å². The Bertz CT molecular complexity index is 804. The Labute approximate surface area is 101 Å². The lowest BCUT2D eigenvalue weighted by atomic mass is 10.2. The average molecular weight is 240 g/mol. The topological polar surface area (TPSA) is 88.0 Å². The highest BCUT2D eigenvalue weighted by Gasteiger charge is 2.09. The molecular formula is C12H8N4O2. The standard InChI is InChI=1S/C12H8N4O2/c17-11-8-2-1-4-14-12(8)15-9-6-13-5-3-7(9)10(11)16-18/h1-6,18H,(H,16,17). The first-order chi connectivity index (χ1) is 8.81. The van der Waals surface area contributed by atoms with E-state index in [-0.39, 0.29) is 11.1 Å². The number of aromatic nitrogens is 3. The molecule has 0 bridgehead atoms. The first kappa shape index (κ1) is 10.5. The number of rotatable bonds is 1. The molecule has 6 heteroatoms. The van der Waals surface area contributed by atoms with Crippen LogP contribution in [-0.2, 0) is 0 Å². The predicted molar refractivity (Wildman–Crippen MR) is 66.5 cm³/mol. The molecule has 0 fully saturated rings. The molecular weight excluding hydrogens is 232 g/mol. The van der Waals surface area contributed by atoms with Gasteiger partial charge in [-0.3, -0.25) is 20.5 Å². The Morgan fingerprint density at radius 1 is 1.17 bits per heavy atom. The Kier molecular flexibility index (Phi) is 2.35. The average Bonchev–Trinajstić information content (AvgIpc) is 2.53. The molecule has 6 nitrogen and oxygen atoms in total. The van der Waals surface area contributed by atoms with Crippen molar-refractivity contribution in [1.82, 2.24) is 15.0 Å². The summed E-state index contributed by atoms with van der Waals surface area (Å²) < 4.78 is 0. The van der Waals surface area contributed by atoms with Gasteiger partial charge >= 0.3 is 0 Å². The SMILES string of the molecule is O=c1c(NO)c2ccncc2nc2ncccc12. The highest BCUT2D eigenvalue weighted by Crippen LogP contribution is 2.18. The summed E-state index contributed by atoms with van der Waals surface area (Å²) in [4.78, 5) is 24.5. The van der Waals surface area contributed by atoms with Crippen molar-refractivity contribution in [3.8, 4) is 0 Å². The molecule has 0 aliphatic carbocycles. The molecule has 2 N–H and O–H groups in total. The fourth-order valence-electron chi connectivity index (χ4n) is 1.83. The normalized spacial score (nSPS) is 10.7. The lowest BCUT2D eigenvalue weighted by Gasteiger charge is -1.96. The third-order valence-electron chi connectivity index (χ3n) is 2.67. The summed E-state index contributed by atoms with van der Waals surface area (Å²) in [6.07, 6.45) is 4.61. The van der Waals surface area contributed by atoms with Crippen molar-refractivity contribution in [1.29, 1.82) is 0 Å². The van der Waals surface area contributed by atoms with Gasteiger partial charge in [-0.05, 0) is 18.2 Å². The van der Waals surface area contributed by atoms with Crippen molar-refractivity contribution in [3.63, 3.8) is 0 Å². The molecule has 0 aliphatic rings. The number of hydrogen-bond donors (Lipinski definition) is 2. The van der Waals surface area contributed by atoms with E-state index in [0.29, 0.717) is 21.9 Å². The van der Waals surface area contributed by atoms with Crippen LogP contribution in [0.2, 0.25) is 0 Å². The predicted octanol–water partition coefficient (Wildman–Crippen LogP) is 1.34. The molecule has 18 heavy (non-hydrogen) atoms. The maximum atomic E-state index is 12.3. The third-order valence-corrected chi connectivity index (χ3v) is 2.67. The Morgan fingerprint density at radius 3 is 2.89 bits per heavy atom. The van der Waals surface area contributed by atoms with E-state index in [9.17, 15) is 4.79 Å². The first-order valence-corrected chi connectivity index (χ1v) is 5.24. The van der Waals surface area contributed by atoms with Gasteiger partial charge < -0.3 is 0 Å². The highest BCUT2D eigenvalue weighted by molar-refractivity contribution is 5.94. The summed E-state index contributed by atoms with van der Waals surface area (Å²) in [5.74, 6) is 0. The minimum Gasteiger partial charge on any atom is -0.291 e. The molecule has 0 spiro atoms. The minimum absolute atomic E-state index is 0.0721. The molecule has 0 saturated heterocycles. The van der Waals surface area contributed by atoms with E-state index in [1.807, 2.05) is 5.48 Å². The summed E-state index contributed by atoms with van der Waals surface area (Å²) in [7, 11) is 0. The summed E-state index contributed by atoms with van der Waals surface area (Å²) in [6, 6.07) is 4.88. The van der Waals surface area contributed by atoms with Gasteiger partial charge in [-0.25, -0.2) is 9.97 Å². The fraction of sp³-hybridized carbons (Fsp3) is 0. The van der Waals surface area contributed by atoms with Crippen LogP contribution in [0.15, 0.2) is 41.6 Å². The van der Waals surface area contributed by atoms with Crippen LogP contribution in [0.25, 0.3) is 21.9 Å². The second kappa shape index (κ2) is 4.01. The van der Waals surface area contributed by atoms with Crippen molar-refractivity contribution in [2.45, 2.75) is 0 Å². The number of hydrogen-bond acceptors (Lipinski definition) is 6. The minimum atomic E-state index is -0.352. The zero-order valence-corrected chi connectivity index (χ0v) is 9.16. The van der Waals surface area contributed by atoms with E-state index < -0.39 is 0 Å². The van der Waals surface area contributed by atoms with Crippen LogP contribution in [0.5, 0.6) is 0 Å². The second-order valence-corrected chi connectivity index (χ2v) is 3.70. The van der Waals surface area contributed by atoms with Gasteiger partial charge in [0.2, 0.25) is 5.43 Å². The molecule has 3 aromatic heterocycles. The van der Waals surface area contributed by atoms with Gasteiger partial charge in [0.1, 0.15) is 5.69 Å². The molecule has 0 saturated carbocycles. The molecule has 3 heterocycles. The second-order valence-electron chi connectivity index (χ2n) is 3.70. The molecule has 0 atom stereocenters. The fourth-order valence-corrected chi connectivity index (χ4v) is 1.83. The molecule has 0 aromatic carbocycles. The third kappa shape index (κ3) is 1.47. The van der Waals surface area contributed by atoms with Gasteiger partial charge in [0.15, 0.2) is 5.65 Å². The van der Waals surface area contributed by atoms with Crippen LogP contribution in [0.3, 0.4) is 0 Å². The molecule has 0 unspecified atom stereocenters. The number of nitrogens with one attached hydrogen (secondary N) is 1. The molecule has 0 aliphatic heterocycles. The van der Waals surface area contributed by atoms with Crippen LogP contribution in [0, 0.1) is 0 Å². The summed E-state index contributed by atoms with van der Waals surface area (Å²) >= 11 is 0. The first-order valence-electron chi connectivity index (χ1n) is 5.24. The van der Waals surface area contributed by atoms with Crippen molar-refractivity contribution >= 4 is 27.6 Å². The molecule has 3 rings (SSSR count). The van der Waals surface area contributed by atoms with Crippen molar-refractivity contribution in [2.75, 3.05) is 5.48 Å². The lowest BCUT2D eigenvalue weighted by Crippen LogP contribution is -2.06. The van der Waals surface area contributed by atoms with Gasteiger partial charge in [0.05, 0.1) is 17.1 Å². The zero-order valence-electron chi connectivity index (χ0n) is 9.16. The van der Waals surface area contributed by atoms with Crippen molar-refractivity contribution in [3.05, 3.63) is 47.0 Å². The largest absolute Gasteiger partial charge is 0.291 e.